The van der Waals surface area contributed by atoms with Gasteiger partial charge in [-0.05, 0) is 66.6 Å². The topological polar surface area (TPSA) is 146 Å². The van der Waals surface area contributed by atoms with Gasteiger partial charge >= 0.3 is 12.1 Å². The summed E-state index contributed by atoms with van der Waals surface area (Å²) in [4.78, 5) is 49.0. The molecule has 3 amide bonds. The highest BCUT2D eigenvalue weighted by molar-refractivity contribution is 14.1. The summed E-state index contributed by atoms with van der Waals surface area (Å²) >= 11 is 2.13. The largest absolute Gasteiger partial charge is 0.488 e. The van der Waals surface area contributed by atoms with Gasteiger partial charge in [0.25, 0.3) is 0 Å². The number of amides is 3. The molecular weight excluding hydrogens is 593 g/mol. The highest BCUT2D eigenvalue weighted by atomic mass is 127. The van der Waals surface area contributed by atoms with Crippen molar-refractivity contribution in [3.05, 3.63) is 63.2 Å². The van der Waals surface area contributed by atoms with Crippen LogP contribution in [0.15, 0.2) is 48.5 Å². The third-order valence-electron chi connectivity index (χ3n) is 4.89. The van der Waals surface area contributed by atoms with Gasteiger partial charge in [0.05, 0.1) is 17.1 Å². The van der Waals surface area contributed by atoms with Crippen molar-refractivity contribution in [2.24, 2.45) is 5.73 Å². The van der Waals surface area contributed by atoms with Gasteiger partial charge in [-0.3, -0.25) is 9.59 Å². The highest BCUT2D eigenvalue weighted by Gasteiger charge is 2.30. The Hall–Kier alpha value is -3.35. The molecule has 0 saturated heterocycles. The molecule has 0 aliphatic rings. The van der Waals surface area contributed by atoms with Crippen molar-refractivity contribution in [3.63, 3.8) is 0 Å². The van der Waals surface area contributed by atoms with Gasteiger partial charge < -0.3 is 30.6 Å². The standard InChI is InChI=1S/C26H32IN3O7/c1-26(2,3)37-25(34)30-19(23(32)29-20(14-22(28)31)24(33)35-4)13-17-10-11-21(18(27)12-17)36-15-16-8-6-5-7-9-16/h5-12,19-20H,13-15H2,1-4H3,(H2,28,31)(H,29,32)(H,30,34)/t19-,20-/m0/s1. The summed E-state index contributed by atoms with van der Waals surface area (Å²) in [5, 5.41) is 4.98. The van der Waals surface area contributed by atoms with E-state index in [4.69, 9.17) is 15.2 Å². The number of rotatable bonds is 11. The number of hydrogen-bond donors (Lipinski definition) is 3. The Kier molecular flexibility index (Phi) is 11.2. The third kappa shape index (κ3) is 10.7. The Labute approximate surface area is 229 Å². The molecular formula is C26H32IN3O7. The second-order valence-electron chi connectivity index (χ2n) is 9.20. The van der Waals surface area contributed by atoms with E-state index < -0.39 is 48.0 Å². The van der Waals surface area contributed by atoms with Crippen LogP contribution in [0.4, 0.5) is 4.79 Å². The summed E-state index contributed by atoms with van der Waals surface area (Å²) in [7, 11) is 1.13. The van der Waals surface area contributed by atoms with E-state index >= 15 is 0 Å². The molecule has 2 atom stereocenters. The SMILES string of the molecule is COC(=O)[C@H](CC(N)=O)NC(=O)[C@H](Cc1ccc(OCc2ccccc2)c(I)c1)NC(=O)OC(C)(C)C. The number of alkyl carbamates (subject to hydrolysis) is 1. The van der Waals surface area contributed by atoms with Crippen molar-refractivity contribution in [2.45, 2.75) is 57.9 Å². The molecule has 0 heterocycles. The fraction of sp³-hybridized carbons (Fsp3) is 0.385. The van der Waals surface area contributed by atoms with Gasteiger partial charge in [0, 0.05) is 6.42 Å². The maximum atomic E-state index is 13.1. The number of primary amides is 1. The number of nitrogens with two attached hydrogens (primary N) is 1. The van der Waals surface area contributed by atoms with E-state index in [0.29, 0.717) is 12.4 Å². The zero-order valence-electron chi connectivity index (χ0n) is 21.2. The van der Waals surface area contributed by atoms with Gasteiger partial charge in [0.2, 0.25) is 11.8 Å². The molecule has 0 aliphatic carbocycles. The number of nitrogens with one attached hydrogen (secondary N) is 2. The molecule has 0 aliphatic heterocycles. The summed E-state index contributed by atoms with van der Waals surface area (Å²) in [6.07, 6.45) is -1.19. The van der Waals surface area contributed by atoms with Crippen molar-refractivity contribution >= 4 is 46.5 Å². The lowest BCUT2D eigenvalue weighted by Crippen LogP contribution is -2.54. The second kappa shape index (κ2) is 13.8. The first-order valence-electron chi connectivity index (χ1n) is 11.5. The fourth-order valence-corrected chi connectivity index (χ4v) is 3.96. The zero-order valence-corrected chi connectivity index (χ0v) is 23.4. The van der Waals surface area contributed by atoms with Crippen LogP contribution in [0.3, 0.4) is 0 Å². The molecule has 2 aromatic carbocycles. The molecule has 0 bridgehead atoms. The van der Waals surface area contributed by atoms with Gasteiger partial charge in [-0.1, -0.05) is 36.4 Å². The fourth-order valence-electron chi connectivity index (χ4n) is 3.23. The van der Waals surface area contributed by atoms with Crippen LogP contribution in [0, 0.1) is 3.57 Å². The van der Waals surface area contributed by atoms with Crippen LogP contribution in [-0.4, -0.2) is 48.7 Å². The first-order chi connectivity index (χ1) is 17.4. The van der Waals surface area contributed by atoms with Crippen LogP contribution in [0.5, 0.6) is 5.75 Å². The van der Waals surface area contributed by atoms with Crippen LogP contribution >= 0.6 is 22.6 Å². The van der Waals surface area contributed by atoms with Gasteiger partial charge in [0.15, 0.2) is 0 Å². The number of ether oxygens (including phenoxy) is 3. The quantitative estimate of drug-likeness (QED) is 0.257. The van der Waals surface area contributed by atoms with Crippen molar-refractivity contribution in [2.75, 3.05) is 7.11 Å². The zero-order chi connectivity index (χ0) is 27.6. The Balaban J connectivity index is 2.20. The minimum atomic E-state index is -1.30. The summed E-state index contributed by atoms with van der Waals surface area (Å²) in [5.74, 6) is -1.67. The minimum absolute atomic E-state index is 0.0739. The Morgan fingerprint density at radius 2 is 1.65 bits per heavy atom. The Bertz CT molecular complexity index is 1100. The molecule has 0 radical (unpaired) electrons. The molecule has 0 aromatic heterocycles. The monoisotopic (exact) mass is 625 g/mol. The summed E-state index contributed by atoms with van der Waals surface area (Å²) in [5.41, 5.74) is 6.15. The third-order valence-corrected chi connectivity index (χ3v) is 5.73. The average molecular weight is 625 g/mol. The van der Waals surface area contributed by atoms with Gasteiger partial charge in [-0.2, -0.15) is 0 Å². The average Bonchev–Trinajstić information content (AvgIpc) is 2.81. The smallest absolute Gasteiger partial charge is 0.408 e. The number of benzene rings is 2. The lowest BCUT2D eigenvalue weighted by atomic mass is 10.0. The first kappa shape index (κ1) is 29.9. The Morgan fingerprint density at radius 3 is 2.22 bits per heavy atom. The van der Waals surface area contributed by atoms with Gasteiger partial charge in [-0.15, -0.1) is 0 Å². The molecule has 0 unspecified atom stereocenters. The van der Waals surface area contributed by atoms with Gasteiger partial charge in [0.1, 0.15) is 30.0 Å². The van der Waals surface area contributed by atoms with Crippen LogP contribution in [0.25, 0.3) is 0 Å². The Morgan fingerprint density at radius 1 is 0.973 bits per heavy atom. The molecule has 2 aromatic rings. The highest BCUT2D eigenvalue weighted by Crippen LogP contribution is 2.24. The molecule has 2 rings (SSSR count). The number of carbonyl (C=O) groups is 4. The predicted octanol–water partition coefficient (Wildman–Crippen LogP) is 2.84. The molecule has 10 nitrogen and oxygen atoms in total. The predicted molar refractivity (Wildman–Crippen MR) is 145 cm³/mol. The summed E-state index contributed by atoms with van der Waals surface area (Å²) < 4.78 is 16.7. The van der Waals surface area contributed by atoms with E-state index in [0.717, 1.165) is 21.8 Å². The van der Waals surface area contributed by atoms with E-state index in [2.05, 4.69) is 38.0 Å². The van der Waals surface area contributed by atoms with Crippen LogP contribution in [0.1, 0.15) is 38.3 Å². The first-order valence-corrected chi connectivity index (χ1v) is 12.6. The number of halogens is 1. The molecule has 11 heteroatoms. The number of hydrogen-bond acceptors (Lipinski definition) is 7. The molecule has 0 fully saturated rings. The molecule has 0 spiro atoms. The molecule has 200 valence electrons. The van der Waals surface area contributed by atoms with E-state index in [9.17, 15) is 19.2 Å². The molecule has 37 heavy (non-hydrogen) atoms. The van der Waals surface area contributed by atoms with Gasteiger partial charge in [-0.25, -0.2) is 9.59 Å². The molecule has 4 N–H and O–H groups in total. The lowest BCUT2D eigenvalue weighted by Gasteiger charge is -2.25. The lowest BCUT2D eigenvalue weighted by molar-refractivity contribution is -0.146. The second-order valence-corrected chi connectivity index (χ2v) is 10.4. The van der Waals surface area contributed by atoms with Crippen molar-refractivity contribution in [1.29, 1.82) is 0 Å². The normalized spacial score (nSPS) is 12.6. The van der Waals surface area contributed by atoms with E-state index in [-0.39, 0.29) is 6.42 Å². The number of carbonyl (C=O) groups excluding carboxylic acids is 4. The summed E-state index contributed by atoms with van der Waals surface area (Å²) in [6.45, 7) is 5.48. The van der Waals surface area contributed by atoms with E-state index in [1.54, 1.807) is 32.9 Å². The number of methoxy groups -OCH3 is 1. The maximum absolute atomic E-state index is 13.1. The van der Waals surface area contributed by atoms with Crippen LogP contribution in [-0.2, 0) is 36.9 Å². The van der Waals surface area contributed by atoms with Crippen molar-refractivity contribution in [1.82, 2.24) is 10.6 Å². The van der Waals surface area contributed by atoms with Crippen LogP contribution in [0.2, 0.25) is 0 Å². The van der Waals surface area contributed by atoms with Crippen molar-refractivity contribution < 1.29 is 33.4 Å². The number of esters is 1. The van der Waals surface area contributed by atoms with E-state index in [1.807, 2.05) is 36.4 Å². The van der Waals surface area contributed by atoms with Crippen molar-refractivity contribution in [3.8, 4) is 5.75 Å². The minimum Gasteiger partial charge on any atom is -0.488 e. The molecule has 0 saturated carbocycles. The maximum Gasteiger partial charge on any atom is 0.408 e. The van der Waals surface area contributed by atoms with E-state index in [1.165, 1.54) is 0 Å². The van der Waals surface area contributed by atoms with Crippen LogP contribution < -0.4 is 21.1 Å². The summed E-state index contributed by atoms with van der Waals surface area (Å²) in [6, 6.07) is 12.7.